The first-order valence-electron chi connectivity index (χ1n) is 4.07. The van der Waals surface area contributed by atoms with E-state index in [0.29, 0.717) is 6.10 Å². The first kappa shape index (κ1) is 9.60. The predicted molar refractivity (Wildman–Crippen MR) is 53.5 cm³/mol. The summed E-state index contributed by atoms with van der Waals surface area (Å²) in [6.07, 6.45) is 15.1. The molecule has 0 aromatic carbocycles. The average Bonchev–Trinajstić information content (AvgIpc) is 2.84. The van der Waals surface area contributed by atoms with Crippen molar-refractivity contribution in [3.05, 3.63) is 0 Å². The maximum atomic E-state index is 5.25. The third-order valence-electron chi connectivity index (χ3n) is 1.80. The molecule has 0 N–H and O–H groups in total. The van der Waals surface area contributed by atoms with Crippen LogP contribution < -0.4 is 0 Å². The smallest absolute Gasteiger partial charge is 0.0813 e. The Morgan fingerprint density at radius 2 is 1.92 bits per heavy atom. The molecule has 0 aromatic heterocycles. The fraction of sp³-hybridized carbons (Fsp3) is 0.600. The molecule has 0 amide bonds. The number of epoxide rings is 1. The Hall–Kier alpha value is -0.490. The maximum absolute atomic E-state index is 5.25. The van der Waals surface area contributed by atoms with Gasteiger partial charge in [-0.05, 0) is 12.6 Å². The normalized spacial score (nSPS) is 20.1. The molecule has 0 radical (unpaired) electrons. The van der Waals surface area contributed by atoms with E-state index in [-0.39, 0.29) is 7.92 Å². The summed E-state index contributed by atoms with van der Waals surface area (Å²) in [5, 5.41) is 0. The van der Waals surface area contributed by atoms with Crippen molar-refractivity contribution in [2.75, 3.05) is 25.1 Å². The van der Waals surface area contributed by atoms with Gasteiger partial charge in [0.1, 0.15) is 0 Å². The van der Waals surface area contributed by atoms with Gasteiger partial charge in [-0.2, -0.15) is 0 Å². The summed E-state index contributed by atoms with van der Waals surface area (Å²) in [6.45, 7) is 0.940. The summed E-state index contributed by atoms with van der Waals surface area (Å²) in [4.78, 5) is 0. The standard InChI is InChI=1S/C10H13OP/c1-3-6-12(7-4-2)8-5-10-9-11-10/h1-2,10H,5-9H2. The molecular weight excluding hydrogens is 167 g/mol. The number of ether oxygens (including phenoxy) is 1. The summed E-state index contributed by atoms with van der Waals surface area (Å²) in [5.74, 6) is 5.38. The van der Waals surface area contributed by atoms with Gasteiger partial charge in [-0.1, -0.05) is 7.92 Å². The second kappa shape index (κ2) is 5.21. The molecule has 1 rings (SSSR count). The monoisotopic (exact) mass is 180 g/mol. The molecule has 0 spiro atoms. The van der Waals surface area contributed by atoms with Crippen LogP contribution in [0.25, 0.3) is 0 Å². The SMILES string of the molecule is C#CCP(CC#C)CCC1CO1. The molecule has 0 saturated carbocycles. The highest BCUT2D eigenvalue weighted by Gasteiger charge is 2.22. The van der Waals surface area contributed by atoms with Crippen molar-refractivity contribution in [2.24, 2.45) is 0 Å². The van der Waals surface area contributed by atoms with Crippen molar-refractivity contribution in [1.29, 1.82) is 0 Å². The highest BCUT2D eigenvalue weighted by Crippen LogP contribution is 2.36. The molecule has 1 aliphatic heterocycles. The first-order chi connectivity index (χ1) is 5.86. The highest BCUT2D eigenvalue weighted by molar-refractivity contribution is 7.58. The molecule has 1 nitrogen and oxygen atoms in total. The second-order valence-corrected chi connectivity index (χ2v) is 5.28. The predicted octanol–water partition coefficient (Wildman–Crippen LogP) is 1.52. The minimum atomic E-state index is -0.106. The van der Waals surface area contributed by atoms with Crippen molar-refractivity contribution < 1.29 is 4.74 Å². The highest BCUT2D eigenvalue weighted by atomic mass is 31.1. The van der Waals surface area contributed by atoms with E-state index in [4.69, 9.17) is 17.6 Å². The molecule has 0 bridgehead atoms. The minimum Gasteiger partial charge on any atom is -0.373 e. The van der Waals surface area contributed by atoms with Crippen LogP contribution in [0.5, 0.6) is 0 Å². The molecule has 12 heavy (non-hydrogen) atoms. The Morgan fingerprint density at radius 3 is 2.33 bits per heavy atom. The Kier molecular flexibility index (Phi) is 4.16. The Morgan fingerprint density at radius 1 is 1.33 bits per heavy atom. The Bertz CT molecular complexity index is 191. The van der Waals surface area contributed by atoms with Crippen LogP contribution in [0.1, 0.15) is 6.42 Å². The van der Waals surface area contributed by atoms with Crippen LogP contribution in [0.3, 0.4) is 0 Å². The maximum Gasteiger partial charge on any atom is 0.0813 e. The molecule has 1 saturated heterocycles. The van der Waals surface area contributed by atoms with Gasteiger partial charge in [0, 0.05) is 12.3 Å². The number of hydrogen-bond acceptors (Lipinski definition) is 1. The van der Waals surface area contributed by atoms with Crippen LogP contribution in [0.4, 0.5) is 0 Å². The van der Waals surface area contributed by atoms with Crippen molar-refractivity contribution >= 4 is 7.92 Å². The van der Waals surface area contributed by atoms with Gasteiger partial charge in [0.25, 0.3) is 0 Å². The molecule has 2 heteroatoms. The van der Waals surface area contributed by atoms with E-state index < -0.39 is 0 Å². The quantitative estimate of drug-likeness (QED) is 0.355. The van der Waals surface area contributed by atoms with Gasteiger partial charge in [0.2, 0.25) is 0 Å². The van der Waals surface area contributed by atoms with Gasteiger partial charge in [-0.25, -0.2) is 0 Å². The van der Waals surface area contributed by atoms with Crippen LogP contribution in [0.2, 0.25) is 0 Å². The Balaban J connectivity index is 2.13. The fourth-order valence-electron chi connectivity index (χ4n) is 1.03. The van der Waals surface area contributed by atoms with Crippen molar-refractivity contribution in [1.82, 2.24) is 0 Å². The van der Waals surface area contributed by atoms with Crippen LogP contribution in [-0.2, 0) is 4.74 Å². The van der Waals surface area contributed by atoms with Crippen LogP contribution in [-0.4, -0.2) is 31.2 Å². The summed E-state index contributed by atoms with van der Waals surface area (Å²) >= 11 is 0. The summed E-state index contributed by atoms with van der Waals surface area (Å²) < 4.78 is 5.12. The lowest BCUT2D eigenvalue weighted by molar-refractivity contribution is 0.404. The van der Waals surface area contributed by atoms with E-state index in [2.05, 4.69) is 11.8 Å². The van der Waals surface area contributed by atoms with E-state index in [1.54, 1.807) is 0 Å². The van der Waals surface area contributed by atoms with Crippen LogP contribution >= 0.6 is 7.92 Å². The third-order valence-corrected chi connectivity index (χ3v) is 3.95. The molecule has 1 atom stereocenters. The fourth-order valence-corrected chi connectivity index (χ4v) is 2.63. The average molecular weight is 180 g/mol. The Labute approximate surface area is 75.6 Å². The number of hydrogen-bond donors (Lipinski definition) is 0. The van der Waals surface area contributed by atoms with Gasteiger partial charge in [0.05, 0.1) is 12.7 Å². The van der Waals surface area contributed by atoms with Crippen LogP contribution in [0.15, 0.2) is 0 Å². The summed E-state index contributed by atoms with van der Waals surface area (Å²) in [6, 6.07) is 0. The van der Waals surface area contributed by atoms with E-state index in [1.165, 1.54) is 6.16 Å². The second-order valence-electron chi connectivity index (χ2n) is 2.86. The lowest BCUT2D eigenvalue weighted by Crippen LogP contribution is -1.96. The van der Waals surface area contributed by atoms with Gasteiger partial charge in [0.15, 0.2) is 0 Å². The van der Waals surface area contributed by atoms with Gasteiger partial charge >= 0.3 is 0 Å². The number of terminal acetylenes is 2. The summed E-state index contributed by atoms with van der Waals surface area (Å²) in [7, 11) is -0.106. The third kappa shape index (κ3) is 3.77. The largest absolute Gasteiger partial charge is 0.373 e. The van der Waals surface area contributed by atoms with E-state index in [1.807, 2.05) is 0 Å². The molecular formula is C10H13OP. The molecule has 0 aromatic rings. The molecule has 64 valence electrons. The van der Waals surface area contributed by atoms with Crippen molar-refractivity contribution in [2.45, 2.75) is 12.5 Å². The van der Waals surface area contributed by atoms with Gasteiger partial charge in [-0.3, -0.25) is 0 Å². The van der Waals surface area contributed by atoms with E-state index >= 15 is 0 Å². The topological polar surface area (TPSA) is 12.5 Å². The van der Waals surface area contributed by atoms with Gasteiger partial charge in [-0.15, -0.1) is 24.7 Å². The van der Waals surface area contributed by atoms with Crippen LogP contribution in [0, 0.1) is 24.7 Å². The molecule has 1 aliphatic rings. The van der Waals surface area contributed by atoms with Crippen molar-refractivity contribution in [3.8, 4) is 24.7 Å². The first-order valence-corrected chi connectivity index (χ1v) is 5.97. The van der Waals surface area contributed by atoms with Gasteiger partial charge < -0.3 is 4.74 Å². The van der Waals surface area contributed by atoms with E-state index in [0.717, 1.165) is 25.4 Å². The van der Waals surface area contributed by atoms with Crippen molar-refractivity contribution in [3.63, 3.8) is 0 Å². The lowest BCUT2D eigenvalue weighted by atomic mass is 10.4. The zero-order chi connectivity index (χ0) is 8.81. The van der Waals surface area contributed by atoms with E-state index in [9.17, 15) is 0 Å². The molecule has 1 unspecified atom stereocenters. The lowest BCUT2D eigenvalue weighted by Gasteiger charge is -2.09. The molecule has 1 fully saturated rings. The minimum absolute atomic E-state index is 0.106. The number of rotatable bonds is 5. The summed E-state index contributed by atoms with van der Waals surface area (Å²) in [5.41, 5.74) is 0. The zero-order valence-electron chi connectivity index (χ0n) is 7.12. The molecule has 1 heterocycles. The zero-order valence-corrected chi connectivity index (χ0v) is 8.02. The molecule has 0 aliphatic carbocycles.